The van der Waals surface area contributed by atoms with Gasteiger partial charge in [0.15, 0.2) is 0 Å². The van der Waals surface area contributed by atoms with Crippen molar-refractivity contribution in [1.82, 2.24) is 20.0 Å². The molecule has 1 N–H and O–H groups in total. The molecular formula is C22H20N4O3S2. The number of thioether (sulfide) groups is 1. The zero-order chi connectivity index (χ0) is 21.6. The van der Waals surface area contributed by atoms with E-state index in [1.165, 1.54) is 6.08 Å². The topological polar surface area (TPSA) is 84.3 Å². The Kier molecular flexibility index (Phi) is 6.63. The highest BCUT2D eigenvalue weighted by Gasteiger charge is 2.29. The van der Waals surface area contributed by atoms with Crippen LogP contribution in [0.4, 0.5) is 4.79 Å². The third-order valence-corrected chi connectivity index (χ3v) is 6.36. The molecule has 0 atom stereocenters. The molecule has 4 rings (SSSR count). The minimum absolute atomic E-state index is 0.172. The highest BCUT2D eigenvalue weighted by atomic mass is 32.2. The smallest absolute Gasteiger partial charge is 0.288 e. The van der Waals surface area contributed by atoms with Gasteiger partial charge in [-0.2, -0.15) is 5.10 Å². The monoisotopic (exact) mass is 452 g/mol. The first-order valence-electron chi connectivity index (χ1n) is 9.68. The first-order chi connectivity index (χ1) is 15.1. The summed E-state index contributed by atoms with van der Waals surface area (Å²) in [6, 6.07) is 14.0. The summed E-state index contributed by atoms with van der Waals surface area (Å²) in [5, 5.41) is 9.16. The molecule has 3 heterocycles. The van der Waals surface area contributed by atoms with Crippen LogP contribution in [-0.2, 0) is 16.1 Å². The Hall–Kier alpha value is -3.17. The van der Waals surface area contributed by atoms with Gasteiger partial charge < -0.3 is 5.32 Å². The van der Waals surface area contributed by atoms with E-state index >= 15 is 0 Å². The molecule has 1 fully saturated rings. The van der Waals surface area contributed by atoms with Crippen molar-refractivity contribution >= 4 is 46.2 Å². The molecule has 3 aromatic rings. The van der Waals surface area contributed by atoms with Crippen LogP contribution in [0, 0.1) is 0 Å². The van der Waals surface area contributed by atoms with Gasteiger partial charge in [0.1, 0.15) is 5.69 Å². The number of amides is 3. The summed E-state index contributed by atoms with van der Waals surface area (Å²) in [7, 11) is 0. The van der Waals surface area contributed by atoms with Crippen LogP contribution < -0.4 is 5.32 Å². The average molecular weight is 453 g/mol. The van der Waals surface area contributed by atoms with Crippen LogP contribution in [0.3, 0.4) is 0 Å². The molecule has 3 amide bonds. The van der Waals surface area contributed by atoms with Crippen LogP contribution in [0.25, 0.3) is 16.6 Å². The first-order valence-corrected chi connectivity index (χ1v) is 11.5. The molecule has 31 heavy (non-hydrogen) atoms. The van der Waals surface area contributed by atoms with Crippen molar-refractivity contribution in [2.75, 3.05) is 18.8 Å². The Morgan fingerprint density at radius 2 is 2.00 bits per heavy atom. The van der Waals surface area contributed by atoms with E-state index in [4.69, 9.17) is 5.10 Å². The standard InChI is InChI=1S/C22H20N4O3S2/c27-19(23-10-11-26-20(28)15-31-22(26)29)9-8-17-14-25(13-16-5-2-1-3-6-16)24-21(17)18-7-4-12-30-18/h1-9,12,14H,10-11,13,15H2,(H,23,27). The van der Waals surface area contributed by atoms with E-state index in [0.29, 0.717) is 6.54 Å². The minimum atomic E-state index is -0.292. The molecule has 0 aliphatic carbocycles. The van der Waals surface area contributed by atoms with E-state index in [9.17, 15) is 14.4 Å². The van der Waals surface area contributed by atoms with Gasteiger partial charge in [0.05, 0.1) is 17.2 Å². The number of hydrogen-bond donors (Lipinski definition) is 1. The van der Waals surface area contributed by atoms with E-state index in [0.717, 1.165) is 38.4 Å². The second-order valence-corrected chi connectivity index (χ2v) is 8.69. The van der Waals surface area contributed by atoms with Crippen molar-refractivity contribution in [2.45, 2.75) is 6.54 Å². The predicted molar refractivity (Wildman–Crippen MR) is 123 cm³/mol. The van der Waals surface area contributed by atoms with Gasteiger partial charge in [-0.15, -0.1) is 11.3 Å². The number of carbonyl (C=O) groups excluding carboxylic acids is 3. The predicted octanol–water partition coefficient (Wildman–Crippen LogP) is 3.48. The fourth-order valence-corrected chi connectivity index (χ4v) is 4.61. The summed E-state index contributed by atoms with van der Waals surface area (Å²) in [6.45, 7) is 1.03. The maximum atomic E-state index is 12.2. The molecule has 0 saturated carbocycles. The lowest BCUT2D eigenvalue weighted by Gasteiger charge is -2.12. The van der Waals surface area contributed by atoms with Crippen LogP contribution >= 0.6 is 23.1 Å². The first kappa shape index (κ1) is 21.1. The van der Waals surface area contributed by atoms with Crippen molar-refractivity contribution in [2.24, 2.45) is 0 Å². The molecule has 2 aromatic heterocycles. The summed E-state index contributed by atoms with van der Waals surface area (Å²) >= 11 is 2.58. The molecule has 0 bridgehead atoms. The van der Waals surface area contributed by atoms with E-state index in [1.54, 1.807) is 17.4 Å². The molecule has 0 unspecified atom stereocenters. The SMILES string of the molecule is O=C(C=Cc1cn(Cc2ccccc2)nc1-c1cccs1)NCCN1C(=O)CSC1=O. The number of rotatable bonds is 8. The number of thiophene rings is 1. The highest BCUT2D eigenvalue weighted by molar-refractivity contribution is 8.14. The molecule has 158 valence electrons. The van der Waals surface area contributed by atoms with Gasteiger partial charge in [0.25, 0.3) is 5.24 Å². The molecule has 0 spiro atoms. The van der Waals surface area contributed by atoms with E-state index in [-0.39, 0.29) is 35.9 Å². The summed E-state index contributed by atoms with van der Waals surface area (Å²) < 4.78 is 1.87. The maximum Gasteiger partial charge on any atom is 0.288 e. The Morgan fingerprint density at radius 1 is 1.16 bits per heavy atom. The average Bonchev–Trinajstić information content (AvgIpc) is 3.50. The molecule has 1 aliphatic rings. The zero-order valence-electron chi connectivity index (χ0n) is 16.6. The number of nitrogens with zero attached hydrogens (tertiary/aromatic N) is 3. The number of carbonyl (C=O) groups is 3. The molecule has 7 nitrogen and oxygen atoms in total. The second-order valence-electron chi connectivity index (χ2n) is 6.82. The molecule has 0 radical (unpaired) electrons. The summed E-state index contributed by atoms with van der Waals surface area (Å²) in [4.78, 5) is 37.6. The third-order valence-electron chi connectivity index (χ3n) is 4.62. The van der Waals surface area contributed by atoms with Gasteiger partial charge in [0.2, 0.25) is 11.8 Å². The van der Waals surface area contributed by atoms with E-state index in [2.05, 4.69) is 5.32 Å². The van der Waals surface area contributed by atoms with Crippen molar-refractivity contribution in [3.63, 3.8) is 0 Å². The summed E-state index contributed by atoms with van der Waals surface area (Å²) in [6.07, 6.45) is 5.11. The van der Waals surface area contributed by atoms with Crippen LogP contribution in [0.5, 0.6) is 0 Å². The zero-order valence-corrected chi connectivity index (χ0v) is 18.2. The largest absolute Gasteiger partial charge is 0.351 e. The second kappa shape index (κ2) is 9.76. The Labute approximate surface area is 187 Å². The molecule has 1 saturated heterocycles. The fourth-order valence-electron chi connectivity index (χ4n) is 3.13. The fraction of sp³-hybridized carbons (Fsp3) is 0.182. The Morgan fingerprint density at radius 3 is 2.71 bits per heavy atom. The molecule has 1 aliphatic heterocycles. The number of imide groups is 1. The Bertz CT molecular complexity index is 1090. The van der Waals surface area contributed by atoms with Crippen molar-refractivity contribution in [1.29, 1.82) is 0 Å². The number of nitrogens with one attached hydrogen (secondary N) is 1. The van der Waals surface area contributed by atoms with E-state index in [1.807, 2.05) is 58.7 Å². The van der Waals surface area contributed by atoms with Gasteiger partial charge in [-0.1, -0.05) is 48.2 Å². The minimum Gasteiger partial charge on any atom is -0.351 e. The van der Waals surface area contributed by atoms with Gasteiger partial charge in [0, 0.05) is 30.9 Å². The maximum absolute atomic E-state index is 12.2. The van der Waals surface area contributed by atoms with Gasteiger partial charge in [-0.25, -0.2) is 0 Å². The normalized spacial score (nSPS) is 14.0. The number of aromatic nitrogens is 2. The number of hydrogen-bond acceptors (Lipinski definition) is 6. The van der Waals surface area contributed by atoms with Gasteiger partial charge in [-0.05, 0) is 23.1 Å². The Balaban J connectivity index is 1.42. The quantitative estimate of drug-likeness (QED) is 0.529. The van der Waals surface area contributed by atoms with E-state index < -0.39 is 0 Å². The summed E-state index contributed by atoms with van der Waals surface area (Å²) in [5.74, 6) is -0.337. The van der Waals surface area contributed by atoms with Gasteiger partial charge in [-0.3, -0.25) is 24.0 Å². The lowest BCUT2D eigenvalue weighted by Crippen LogP contribution is -2.37. The lowest BCUT2D eigenvalue weighted by atomic mass is 10.2. The molecule has 1 aromatic carbocycles. The highest BCUT2D eigenvalue weighted by Crippen LogP contribution is 2.27. The lowest BCUT2D eigenvalue weighted by molar-refractivity contribution is -0.125. The molecule has 9 heteroatoms. The third kappa shape index (κ3) is 5.31. The van der Waals surface area contributed by atoms with Crippen LogP contribution in [0.1, 0.15) is 11.1 Å². The number of benzene rings is 1. The van der Waals surface area contributed by atoms with Crippen molar-refractivity contribution in [3.05, 3.63) is 71.2 Å². The van der Waals surface area contributed by atoms with Crippen molar-refractivity contribution in [3.8, 4) is 10.6 Å². The molecular weight excluding hydrogens is 432 g/mol. The van der Waals surface area contributed by atoms with Gasteiger partial charge >= 0.3 is 0 Å². The summed E-state index contributed by atoms with van der Waals surface area (Å²) in [5.41, 5.74) is 2.80. The van der Waals surface area contributed by atoms with Crippen LogP contribution in [0.15, 0.2) is 60.1 Å². The van der Waals surface area contributed by atoms with Crippen molar-refractivity contribution < 1.29 is 14.4 Å². The van der Waals surface area contributed by atoms with Crippen LogP contribution in [-0.4, -0.2) is 50.6 Å². The van der Waals surface area contributed by atoms with Crippen LogP contribution in [0.2, 0.25) is 0 Å².